The molecule has 0 saturated heterocycles. The third-order valence-corrected chi connectivity index (χ3v) is 3.12. The van der Waals surface area contributed by atoms with E-state index in [1.54, 1.807) is 7.11 Å². The largest absolute Gasteiger partial charge is 0.385 e. The van der Waals surface area contributed by atoms with E-state index in [1.807, 2.05) is 55.3 Å². The molecule has 0 saturated carbocycles. The highest BCUT2D eigenvalue weighted by atomic mass is 16.5. The Bertz CT molecular complexity index is 559. The summed E-state index contributed by atoms with van der Waals surface area (Å²) in [6.07, 6.45) is 0.948. The highest BCUT2D eigenvalue weighted by Crippen LogP contribution is 2.21. The van der Waals surface area contributed by atoms with E-state index in [9.17, 15) is 0 Å². The molecule has 21 heavy (non-hydrogen) atoms. The van der Waals surface area contributed by atoms with Gasteiger partial charge in [-0.1, -0.05) is 18.2 Å². The molecule has 0 radical (unpaired) electrons. The van der Waals surface area contributed by atoms with Crippen molar-refractivity contribution in [1.29, 1.82) is 0 Å². The minimum Gasteiger partial charge on any atom is -0.385 e. The predicted molar refractivity (Wildman–Crippen MR) is 86.3 cm³/mol. The van der Waals surface area contributed by atoms with Crippen LogP contribution < -0.4 is 10.2 Å². The van der Waals surface area contributed by atoms with Crippen molar-refractivity contribution in [3.8, 4) is 0 Å². The Morgan fingerprint density at radius 2 is 1.95 bits per heavy atom. The van der Waals surface area contributed by atoms with Crippen LogP contribution in [0.2, 0.25) is 0 Å². The third kappa shape index (κ3) is 4.43. The fourth-order valence-corrected chi connectivity index (χ4v) is 1.99. The number of benzene rings is 1. The maximum Gasteiger partial charge on any atom is 0.231 e. The molecule has 5 nitrogen and oxygen atoms in total. The molecule has 1 N–H and O–H groups in total. The van der Waals surface area contributed by atoms with E-state index in [1.165, 1.54) is 0 Å². The van der Waals surface area contributed by atoms with Gasteiger partial charge in [0.2, 0.25) is 5.95 Å². The van der Waals surface area contributed by atoms with E-state index in [2.05, 4.69) is 15.3 Å². The van der Waals surface area contributed by atoms with Gasteiger partial charge < -0.3 is 15.0 Å². The summed E-state index contributed by atoms with van der Waals surface area (Å²) in [5.41, 5.74) is 2.01. The molecule has 0 aliphatic carbocycles. The van der Waals surface area contributed by atoms with Crippen molar-refractivity contribution in [2.24, 2.45) is 0 Å². The molecule has 1 aromatic heterocycles. The molecule has 112 valence electrons. The van der Waals surface area contributed by atoms with E-state index in [0.717, 1.165) is 36.8 Å². The number of hydrogen-bond donors (Lipinski definition) is 1. The molecule has 2 rings (SSSR count). The summed E-state index contributed by atoms with van der Waals surface area (Å²) in [5.74, 6) is 1.53. The topological polar surface area (TPSA) is 50.3 Å². The van der Waals surface area contributed by atoms with Gasteiger partial charge in [-0.05, 0) is 25.5 Å². The zero-order chi connectivity index (χ0) is 15.1. The van der Waals surface area contributed by atoms with Gasteiger partial charge in [-0.2, -0.15) is 4.98 Å². The molecule has 0 spiro atoms. The van der Waals surface area contributed by atoms with Gasteiger partial charge in [-0.3, -0.25) is 0 Å². The quantitative estimate of drug-likeness (QED) is 0.793. The Hall–Kier alpha value is -2.14. The monoisotopic (exact) mass is 286 g/mol. The second kappa shape index (κ2) is 7.59. The summed E-state index contributed by atoms with van der Waals surface area (Å²) >= 11 is 0. The Balaban J connectivity index is 2.11. The van der Waals surface area contributed by atoms with Gasteiger partial charge in [-0.25, -0.2) is 4.98 Å². The van der Waals surface area contributed by atoms with Gasteiger partial charge in [0.1, 0.15) is 5.82 Å². The summed E-state index contributed by atoms with van der Waals surface area (Å²) in [6.45, 7) is 3.55. The van der Waals surface area contributed by atoms with Gasteiger partial charge in [0.15, 0.2) is 0 Å². The number of aryl methyl sites for hydroxylation is 1. The maximum atomic E-state index is 5.04. The van der Waals surface area contributed by atoms with Crippen LogP contribution in [-0.2, 0) is 4.74 Å². The smallest absolute Gasteiger partial charge is 0.231 e. The molecule has 0 bridgehead atoms. The molecule has 0 amide bonds. The number of para-hydroxylation sites is 1. The SMILES string of the molecule is COCCCNc1cc(C)nc(N(C)c2ccccc2)n1. The van der Waals surface area contributed by atoms with Crippen LogP contribution in [0.1, 0.15) is 12.1 Å². The minimum atomic E-state index is 0.690. The van der Waals surface area contributed by atoms with Crippen LogP contribution in [0.3, 0.4) is 0 Å². The third-order valence-electron chi connectivity index (χ3n) is 3.12. The number of ether oxygens (including phenoxy) is 1. The molecule has 0 atom stereocenters. The molecular formula is C16H22N4O. The van der Waals surface area contributed by atoms with Crippen molar-refractivity contribution in [3.63, 3.8) is 0 Å². The van der Waals surface area contributed by atoms with Gasteiger partial charge in [-0.15, -0.1) is 0 Å². The molecule has 0 aliphatic rings. The number of rotatable bonds is 7. The molecule has 0 aliphatic heterocycles. The zero-order valence-electron chi connectivity index (χ0n) is 12.8. The van der Waals surface area contributed by atoms with Crippen LogP contribution >= 0.6 is 0 Å². The average Bonchev–Trinajstić information content (AvgIpc) is 2.51. The van der Waals surface area contributed by atoms with Crippen molar-refractivity contribution in [2.45, 2.75) is 13.3 Å². The van der Waals surface area contributed by atoms with Crippen LogP contribution in [0.5, 0.6) is 0 Å². The first-order valence-corrected chi connectivity index (χ1v) is 7.08. The van der Waals surface area contributed by atoms with E-state index in [4.69, 9.17) is 4.74 Å². The Labute approximate surface area is 126 Å². The Kier molecular flexibility index (Phi) is 5.51. The lowest BCUT2D eigenvalue weighted by Crippen LogP contribution is -2.15. The summed E-state index contributed by atoms with van der Waals surface area (Å²) < 4.78 is 5.04. The summed E-state index contributed by atoms with van der Waals surface area (Å²) in [6, 6.07) is 12.0. The van der Waals surface area contributed by atoms with E-state index in [0.29, 0.717) is 5.95 Å². The summed E-state index contributed by atoms with van der Waals surface area (Å²) in [5, 5.41) is 3.31. The van der Waals surface area contributed by atoms with Crippen LogP contribution in [0, 0.1) is 6.92 Å². The van der Waals surface area contributed by atoms with Gasteiger partial charge in [0, 0.05) is 44.8 Å². The second-order valence-electron chi connectivity index (χ2n) is 4.86. The number of anilines is 3. The average molecular weight is 286 g/mol. The maximum absolute atomic E-state index is 5.04. The van der Waals surface area contributed by atoms with Crippen molar-refractivity contribution in [3.05, 3.63) is 42.1 Å². The predicted octanol–water partition coefficient (Wildman–Crippen LogP) is 3.00. The van der Waals surface area contributed by atoms with Crippen molar-refractivity contribution >= 4 is 17.5 Å². The first kappa shape index (κ1) is 15.3. The van der Waals surface area contributed by atoms with Crippen molar-refractivity contribution in [1.82, 2.24) is 9.97 Å². The van der Waals surface area contributed by atoms with E-state index >= 15 is 0 Å². The second-order valence-corrected chi connectivity index (χ2v) is 4.86. The van der Waals surface area contributed by atoms with Crippen LogP contribution in [0.15, 0.2) is 36.4 Å². The fraction of sp³-hybridized carbons (Fsp3) is 0.375. The molecule has 2 aromatic rings. The van der Waals surface area contributed by atoms with E-state index < -0.39 is 0 Å². The Morgan fingerprint density at radius 3 is 2.67 bits per heavy atom. The molecule has 0 fully saturated rings. The van der Waals surface area contributed by atoms with E-state index in [-0.39, 0.29) is 0 Å². The first-order valence-electron chi connectivity index (χ1n) is 7.08. The zero-order valence-corrected chi connectivity index (χ0v) is 12.8. The minimum absolute atomic E-state index is 0.690. The highest BCUT2D eigenvalue weighted by molar-refractivity contribution is 5.57. The number of methoxy groups -OCH3 is 1. The lowest BCUT2D eigenvalue weighted by molar-refractivity contribution is 0.198. The van der Waals surface area contributed by atoms with Gasteiger partial charge in [0.25, 0.3) is 0 Å². The fourth-order valence-electron chi connectivity index (χ4n) is 1.99. The lowest BCUT2D eigenvalue weighted by Gasteiger charge is -2.18. The first-order chi connectivity index (χ1) is 10.2. The number of nitrogens with zero attached hydrogens (tertiary/aromatic N) is 3. The van der Waals surface area contributed by atoms with Crippen molar-refractivity contribution in [2.75, 3.05) is 37.5 Å². The van der Waals surface area contributed by atoms with Crippen molar-refractivity contribution < 1.29 is 4.74 Å². The number of hydrogen-bond acceptors (Lipinski definition) is 5. The highest BCUT2D eigenvalue weighted by Gasteiger charge is 2.08. The standard InChI is InChI=1S/C16H22N4O/c1-13-12-15(17-10-7-11-21-3)19-16(18-13)20(2)14-8-5-4-6-9-14/h4-6,8-9,12H,7,10-11H2,1-3H3,(H,17,18,19). The van der Waals surface area contributed by atoms with Gasteiger partial charge >= 0.3 is 0 Å². The van der Waals surface area contributed by atoms with Crippen LogP contribution in [0.4, 0.5) is 17.5 Å². The molecule has 0 unspecified atom stereocenters. The summed E-state index contributed by atoms with van der Waals surface area (Å²) in [4.78, 5) is 11.1. The lowest BCUT2D eigenvalue weighted by atomic mass is 10.3. The normalized spacial score (nSPS) is 10.4. The Morgan fingerprint density at radius 1 is 1.19 bits per heavy atom. The van der Waals surface area contributed by atoms with Crippen LogP contribution in [0.25, 0.3) is 0 Å². The molecule has 1 aromatic carbocycles. The van der Waals surface area contributed by atoms with Crippen LogP contribution in [-0.4, -0.2) is 37.3 Å². The summed E-state index contributed by atoms with van der Waals surface area (Å²) in [7, 11) is 3.68. The molecule has 1 heterocycles. The number of aromatic nitrogens is 2. The van der Waals surface area contributed by atoms with Gasteiger partial charge in [0.05, 0.1) is 0 Å². The number of nitrogens with one attached hydrogen (secondary N) is 1. The molecule has 5 heteroatoms. The molecular weight excluding hydrogens is 264 g/mol.